The number of alkyl halides is 3. The van der Waals surface area contributed by atoms with E-state index in [0.29, 0.717) is 18.7 Å². The molecule has 0 fully saturated rings. The second-order valence-electron chi connectivity index (χ2n) is 4.42. The lowest BCUT2D eigenvalue weighted by atomic mass is 10.1. The van der Waals surface area contributed by atoms with Crippen molar-refractivity contribution in [1.29, 1.82) is 0 Å². The van der Waals surface area contributed by atoms with E-state index in [4.69, 9.17) is 5.73 Å². The Morgan fingerprint density at radius 3 is 2.53 bits per heavy atom. The van der Waals surface area contributed by atoms with Crippen molar-refractivity contribution in [2.24, 2.45) is 5.73 Å². The van der Waals surface area contributed by atoms with Crippen LogP contribution in [0.25, 0.3) is 0 Å². The zero-order valence-electron chi connectivity index (χ0n) is 9.54. The number of benzene rings is 1. The molecule has 2 atom stereocenters. The van der Waals surface area contributed by atoms with Crippen LogP contribution in [-0.2, 0) is 6.42 Å². The van der Waals surface area contributed by atoms with Crippen LogP contribution in [0.2, 0.25) is 0 Å². The van der Waals surface area contributed by atoms with Gasteiger partial charge in [0.15, 0.2) is 0 Å². The molecule has 0 amide bonds. The van der Waals surface area contributed by atoms with Crippen molar-refractivity contribution in [1.82, 2.24) is 0 Å². The largest absolute Gasteiger partial charge is 0.410 e. The number of nitrogens with zero attached hydrogens (tertiary/aromatic N) is 1. The Morgan fingerprint density at radius 1 is 1.29 bits per heavy atom. The zero-order chi connectivity index (χ0) is 12.6. The van der Waals surface area contributed by atoms with Crippen molar-refractivity contribution >= 4 is 5.69 Å². The third-order valence-corrected chi connectivity index (χ3v) is 3.09. The summed E-state index contributed by atoms with van der Waals surface area (Å²) >= 11 is 0. The van der Waals surface area contributed by atoms with Crippen LogP contribution in [-0.4, -0.2) is 24.8 Å². The van der Waals surface area contributed by atoms with Crippen molar-refractivity contribution in [2.45, 2.75) is 31.6 Å². The molecule has 1 aromatic rings. The van der Waals surface area contributed by atoms with Gasteiger partial charge in [-0.15, -0.1) is 0 Å². The maximum atomic E-state index is 13.0. The molecule has 1 heterocycles. The van der Waals surface area contributed by atoms with Gasteiger partial charge in [0.1, 0.15) is 6.04 Å². The topological polar surface area (TPSA) is 29.3 Å². The molecule has 0 spiro atoms. The van der Waals surface area contributed by atoms with E-state index in [-0.39, 0.29) is 0 Å². The average Bonchev–Trinajstić information content (AvgIpc) is 2.60. The third kappa shape index (κ3) is 2.24. The second kappa shape index (κ2) is 4.22. The van der Waals surface area contributed by atoms with E-state index in [1.165, 1.54) is 11.8 Å². The molecule has 5 heteroatoms. The molecule has 2 unspecified atom stereocenters. The summed E-state index contributed by atoms with van der Waals surface area (Å²) in [7, 11) is 0. The number of hydrogen-bond donors (Lipinski definition) is 1. The van der Waals surface area contributed by atoms with E-state index < -0.39 is 18.3 Å². The zero-order valence-corrected chi connectivity index (χ0v) is 9.54. The van der Waals surface area contributed by atoms with Crippen LogP contribution in [0.3, 0.4) is 0 Å². The van der Waals surface area contributed by atoms with E-state index in [0.717, 1.165) is 5.56 Å². The normalized spacial score (nSPS) is 19.0. The molecular formula is C12H15F3N2. The van der Waals surface area contributed by atoms with Gasteiger partial charge < -0.3 is 10.6 Å². The Bertz CT molecular complexity index is 401. The Morgan fingerprint density at radius 2 is 1.94 bits per heavy atom. The van der Waals surface area contributed by atoms with Crippen LogP contribution < -0.4 is 10.6 Å². The maximum Gasteiger partial charge on any atom is 0.410 e. The summed E-state index contributed by atoms with van der Waals surface area (Å²) in [5, 5.41) is 0. The van der Waals surface area contributed by atoms with Crippen LogP contribution in [0.1, 0.15) is 12.5 Å². The first-order valence-electron chi connectivity index (χ1n) is 5.58. The second-order valence-corrected chi connectivity index (χ2v) is 4.42. The van der Waals surface area contributed by atoms with Gasteiger partial charge in [-0.05, 0) is 25.0 Å². The lowest BCUT2D eigenvalue weighted by Crippen LogP contribution is -2.54. The summed E-state index contributed by atoms with van der Waals surface area (Å²) in [5.74, 6) is 0. The highest BCUT2D eigenvalue weighted by atomic mass is 19.4. The molecule has 2 rings (SSSR count). The van der Waals surface area contributed by atoms with Gasteiger partial charge in [-0.3, -0.25) is 0 Å². The van der Waals surface area contributed by atoms with Gasteiger partial charge in [0.05, 0.1) is 0 Å². The predicted octanol–water partition coefficient (Wildman–Crippen LogP) is 2.33. The van der Waals surface area contributed by atoms with Crippen LogP contribution in [0, 0.1) is 0 Å². The molecule has 2 N–H and O–H groups in total. The lowest BCUT2D eigenvalue weighted by Gasteiger charge is -2.34. The first-order chi connectivity index (χ1) is 7.91. The number of fused-ring (bicyclic) bond motifs is 1. The molecule has 1 aromatic carbocycles. The van der Waals surface area contributed by atoms with Crippen molar-refractivity contribution < 1.29 is 13.2 Å². The highest BCUT2D eigenvalue weighted by Gasteiger charge is 2.47. The molecule has 0 saturated carbocycles. The first kappa shape index (κ1) is 12.2. The smallest absolute Gasteiger partial charge is 0.358 e. The van der Waals surface area contributed by atoms with Gasteiger partial charge in [0.2, 0.25) is 0 Å². The van der Waals surface area contributed by atoms with E-state index in [1.807, 2.05) is 12.1 Å². The molecule has 94 valence electrons. The molecule has 0 aliphatic carbocycles. The standard InChI is InChI=1S/C12H15F3N2/c1-8(16)11(12(13,14)15)17-7-6-9-4-2-3-5-10(9)17/h2-5,8,11H,6-7,16H2,1H3. The molecule has 0 bridgehead atoms. The molecule has 0 radical (unpaired) electrons. The van der Waals surface area contributed by atoms with Crippen LogP contribution in [0.4, 0.5) is 18.9 Å². The summed E-state index contributed by atoms with van der Waals surface area (Å²) in [5.41, 5.74) is 7.12. The van der Waals surface area contributed by atoms with E-state index in [2.05, 4.69) is 0 Å². The van der Waals surface area contributed by atoms with Crippen LogP contribution in [0.5, 0.6) is 0 Å². The van der Waals surface area contributed by atoms with Gasteiger partial charge in [-0.25, -0.2) is 0 Å². The quantitative estimate of drug-likeness (QED) is 0.865. The van der Waals surface area contributed by atoms with Gasteiger partial charge in [0, 0.05) is 18.3 Å². The van der Waals surface area contributed by atoms with E-state index in [9.17, 15) is 13.2 Å². The lowest BCUT2D eigenvalue weighted by molar-refractivity contribution is -0.151. The Hall–Kier alpha value is -1.23. The highest BCUT2D eigenvalue weighted by molar-refractivity contribution is 5.59. The minimum Gasteiger partial charge on any atom is -0.358 e. The van der Waals surface area contributed by atoms with Crippen LogP contribution in [0.15, 0.2) is 24.3 Å². The fourth-order valence-corrected chi connectivity index (χ4v) is 2.41. The SMILES string of the molecule is CC(N)C(N1CCc2ccccc21)C(F)(F)F. The number of hydrogen-bond acceptors (Lipinski definition) is 2. The van der Waals surface area contributed by atoms with Crippen molar-refractivity contribution in [3.8, 4) is 0 Å². The minimum absolute atomic E-state index is 0.380. The molecule has 1 aliphatic rings. The minimum atomic E-state index is -4.30. The van der Waals surface area contributed by atoms with Gasteiger partial charge in [-0.2, -0.15) is 13.2 Å². The average molecular weight is 244 g/mol. The van der Waals surface area contributed by atoms with Crippen LogP contribution >= 0.6 is 0 Å². The number of para-hydroxylation sites is 1. The summed E-state index contributed by atoms with van der Waals surface area (Å²) in [6, 6.07) is 4.64. The summed E-state index contributed by atoms with van der Waals surface area (Å²) in [6.07, 6.45) is -3.65. The van der Waals surface area contributed by atoms with Crippen molar-refractivity contribution in [3.05, 3.63) is 29.8 Å². The highest BCUT2D eigenvalue weighted by Crippen LogP contribution is 2.36. The molecule has 1 aliphatic heterocycles. The fourth-order valence-electron chi connectivity index (χ4n) is 2.41. The monoisotopic (exact) mass is 244 g/mol. The maximum absolute atomic E-state index is 13.0. The van der Waals surface area contributed by atoms with Gasteiger partial charge >= 0.3 is 6.18 Å². The van der Waals surface area contributed by atoms with Crippen molar-refractivity contribution in [3.63, 3.8) is 0 Å². The summed E-state index contributed by atoms with van der Waals surface area (Å²) in [6.45, 7) is 1.78. The Kier molecular flexibility index (Phi) is 3.03. The number of anilines is 1. The van der Waals surface area contributed by atoms with Gasteiger partial charge in [0.25, 0.3) is 0 Å². The predicted molar refractivity (Wildman–Crippen MR) is 61.0 cm³/mol. The Labute approximate surface area is 98.2 Å². The summed E-state index contributed by atoms with van der Waals surface area (Å²) in [4.78, 5) is 1.38. The fraction of sp³-hybridized carbons (Fsp3) is 0.500. The Balaban J connectivity index is 2.35. The molecule has 0 saturated heterocycles. The van der Waals surface area contributed by atoms with E-state index in [1.54, 1.807) is 12.1 Å². The molecule has 17 heavy (non-hydrogen) atoms. The number of halogens is 3. The van der Waals surface area contributed by atoms with E-state index >= 15 is 0 Å². The molecule has 0 aromatic heterocycles. The number of rotatable bonds is 2. The first-order valence-corrected chi connectivity index (χ1v) is 5.58. The number of nitrogens with two attached hydrogens (primary N) is 1. The van der Waals surface area contributed by atoms with Gasteiger partial charge in [-0.1, -0.05) is 18.2 Å². The molecule has 2 nitrogen and oxygen atoms in total. The molecular weight excluding hydrogens is 229 g/mol. The third-order valence-electron chi connectivity index (χ3n) is 3.09. The summed E-state index contributed by atoms with van der Waals surface area (Å²) < 4.78 is 39.0. The van der Waals surface area contributed by atoms with Crippen molar-refractivity contribution in [2.75, 3.05) is 11.4 Å².